The summed E-state index contributed by atoms with van der Waals surface area (Å²) in [4.78, 5) is 4.79. The molecule has 21 heavy (non-hydrogen) atoms. The fourth-order valence-electron chi connectivity index (χ4n) is 2.27. The number of benzene rings is 1. The first-order valence-corrected chi connectivity index (χ1v) is 7.60. The Labute approximate surface area is 130 Å². The summed E-state index contributed by atoms with van der Waals surface area (Å²) in [6, 6.07) is 4.39. The molecule has 1 aromatic carbocycles. The molecule has 0 saturated carbocycles. The molecular weight excluding hydrogens is 258 g/mol. The van der Waals surface area contributed by atoms with E-state index in [4.69, 9.17) is 4.99 Å². The van der Waals surface area contributed by atoms with Gasteiger partial charge in [-0.15, -0.1) is 0 Å². The Morgan fingerprint density at radius 3 is 1.76 bits per heavy atom. The van der Waals surface area contributed by atoms with Crippen LogP contribution in [0.15, 0.2) is 17.1 Å². The molecule has 0 aliphatic heterocycles. The van der Waals surface area contributed by atoms with Crippen molar-refractivity contribution < 1.29 is 0 Å². The number of nitrogens with zero attached hydrogens (tertiary/aromatic N) is 1. The number of nitrogens with one attached hydrogen (secondary N) is 2. The van der Waals surface area contributed by atoms with Crippen LogP contribution in [0.4, 0.5) is 5.69 Å². The number of guanidine groups is 1. The predicted molar refractivity (Wildman–Crippen MR) is 94.4 cm³/mol. The monoisotopic (exact) mass is 289 g/mol. The van der Waals surface area contributed by atoms with Gasteiger partial charge in [-0.3, -0.25) is 0 Å². The number of hydrogen-bond donors (Lipinski definition) is 2. The minimum atomic E-state index is -0.132. The van der Waals surface area contributed by atoms with Crippen molar-refractivity contribution in [2.75, 3.05) is 5.32 Å². The molecule has 1 rings (SSSR count). The molecule has 0 bridgehead atoms. The first kappa shape index (κ1) is 17.5. The van der Waals surface area contributed by atoms with Gasteiger partial charge in [0.15, 0.2) is 5.96 Å². The van der Waals surface area contributed by atoms with Crippen molar-refractivity contribution in [1.29, 1.82) is 0 Å². The molecule has 0 spiro atoms. The van der Waals surface area contributed by atoms with Crippen LogP contribution >= 0.6 is 0 Å². The van der Waals surface area contributed by atoms with E-state index in [0.717, 1.165) is 11.6 Å². The van der Waals surface area contributed by atoms with Crippen LogP contribution in [0.1, 0.15) is 58.2 Å². The molecule has 1 aromatic rings. The molecule has 0 radical (unpaired) electrons. The van der Waals surface area contributed by atoms with E-state index >= 15 is 0 Å². The minimum absolute atomic E-state index is 0.0381. The number of hydrogen-bond acceptors (Lipinski definition) is 1. The van der Waals surface area contributed by atoms with Gasteiger partial charge < -0.3 is 10.6 Å². The molecule has 118 valence electrons. The molecule has 3 heteroatoms. The van der Waals surface area contributed by atoms with Gasteiger partial charge in [0.25, 0.3) is 0 Å². The molecule has 2 N–H and O–H groups in total. The van der Waals surface area contributed by atoms with E-state index in [-0.39, 0.29) is 11.1 Å². The summed E-state index contributed by atoms with van der Waals surface area (Å²) < 4.78 is 0. The molecule has 0 amide bonds. The lowest BCUT2D eigenvalue weighted by Crippen LogP contribution is -2.45. The van der Waals surface area contributed by atoms with Crippen molar-refractivity contribution in [3.8, 4) is 0 Å². The smallest absolute Gasteiger partial charge is 0.196 e. The number of anilines is 1. The van der Waals surface area contributed by atoms with Crippen molar-refractivity contribution >= 4 is 11.6 Å². The molecule has 0 unspecified atom stereocenters. The summed E-state index contributed by atoms with van der Waals surface area (Å²) >= 11 is 0. The van der Waals surface area contributed by atoms with E-state index in [9.17, 15) is 0 Å². The van der Waals surface area contributed by atoms with Gasteiger partial charge in [-0.2, -0.15) is 0 Å². The molecule has 0 atom stereocenters. The molecule has 0 heterocycles. The van der Waals surface area contributed by atoms with Gasteiger partial charge in [0.05, 0.1) is 5.54 Å². The van der Waals surface area contributed by atoms with Crippen LogP contribution in [0.5, 0.6) is 0 Å². The normalized spacial score (nSPS) is 13.3. The van der Waals surface area contributed by atoms with Crippen molar-refractivity contribution in [2.45, 2.75) is 73.4 Å². The Morgan fingerprint density at radius 1 is 0.905 bits per heavy atom. The van der Waals surface area contributed by atoms with Gasteiger partial charge in [-0.25, -0.2) is 4.99 Å². The molecular formula is C18H31N3. The van der Waals surface area contributed by atoms with Crippen LogP contribution in [0.2, 0.25) is 0 Å². The highest BCUT2D eigenvalue weighted by atomic mass is 15.2. The second-order valence-corrected chi connectivity index (χ2v) is 7.90. The summed E-state index contributed by atoms with van der Waals surface area (Å²) in [6.07, 6.45) is 0. The van der Waals surface area contributed by atoms with Gasteiger partial charge in [0, 0.05) is 11.2 Å². The number of aryl methyl sites for hydroxylation is 3. The highest BCUT2D eigenvalue weighted by Gasteiger charge is 2.17. The van der Waals surface area contributed by atoms with Gasteiger partial charge in [0.1, 0.15) is 0 Å². The Bertz CT molecular complexity index is 505. The summed E-state index contributed by atoms with van der Waals surface area (Å²) in [5, 5.41) is 6.96. The van der Waals surface area contributed by atoms with Crippen LogP contribution in [-0.4, -0.2) is 17.0 Å². The van der Waals surface area contributed by atoms with Crippen LogP contribution in [0, 0.1) is 20.8 Å². The second-order valence-electron chi connectivity index (χ2n) is 7.90. The topological polar surface area (TPSA) is 36.4 Å². The Kier molecular flexibility index (Phi) is 5.08. The van der Waals surface area contributed by atoms with E-state index in [2.05, 4.69) is 85.1 Å². The number of aliphatic imine (C=N–C) groups is 1. The van der Waals surface area contributed by atoms with Crippen LogP contribution in [0.3, 0.4) is 0 Å². The molecule has 0 fully saturated rings. The quantitative estimate of drug-likeness (QED) is 0.587. The lowest BCUT2D eigenvalue weighted by atomic mass is 10.0. The maximum atomic E-state index is 4.79. The SMILES string of the molecule is Cc1cc(C)c(NC(=NC(C)(C)C)NC(C)(C)C)c(C)c1. The first-order chi connectivity index (χ1) is 9.37. The molecule has 0 aliphatic carbocycles. The summed E-state index contributed by atoms with van der Waals surface area (Å²) in [5.41, 5.74) is 4.74. The van der Waals surface area contributed by atoms with Crippen molar-refractivity contribution in [2.24, 2.45) is 4.99 Å². The zero-order chi connectivity index (χ0) is 16.4. The van der Waals surface area contributed by atoms with Crippen molar-refractivity contribution in [3.63, 3.8) is 0 Å². The fraction of sp³-hybridized carbons (Fsp3) is 0.611. The zero-order valence-electron chi connectivity index (χ0n) is 15.1. The average molecular weight is 289 g/mol. The van der Waals surface area contributed by atoms with Crippen molar-refractivity contribution in [3.05, 3.63) is 28.8 Å². The molecule has 0 aromatic heterocycles. The maximum Gasteiger partial charge on any atom is 0.196 e. The number of rotatable bonds is 1. The van der Waals surface area contributed by atoms with E-state index in [1.165, 1.54) is 16.7 Å². The Balaban J connectivity index is 3.16. The largest absolute Gasteiger partial charge is 0.352 e. The summed E-state index contributed by atoms with van der Waals surface area (Å²) in [5.74, 6) is 0.824. The van der Waals surface area contributed by atoms with Gasteiger partial charge in [-0.05, 0) is 73.4 Å². The van der Waals surface area contributed by atoms with Crippen molar-refractivity contribution in [1.82, 2.24) is 5.32 Å². The highest BCUT2D eigenvalue weighted by molar-refractivity contribution is 5.95. The lowest BCUT2D eigenvalue weighted by Gasteiger charge is -2.27. The second kappa shape index (κ2) is 6.08. The fourth-order valence-corrected chi connectivity index (χ4v) is 2.27. The molecule has 0 saturated heterocycles. The van der Waals surface area contributed by atoms with E-state index in [1.54, 1.807) is 0 Å². The third-order valence-electron chi connectivity index (χ3n) is 2.86. The van der Waals surface area contributed by atoms with Crippen LogP contribution in [0.25, 0.3) is 0 Å². The van der Waals surface area contributed by atoms with Gasteiger partial charge >= 0.3 is 0 Å². The Hall–Kier alpha value is -1.51. The lowest BCUT2D eigenvalue weighted by molar-refractivity contribution is 0.501. The third-order valence-corrected chi connectivity index (χ3v) is 2.86. The van der Waals surface area contributed by atoms with E-state index in [0.29, 0.717) is 0 Å². The predicted octanol–water partition coefficient (Wildman–Crippen LogP) is 4.57. The van der Waals surface area contributed by atoms with Crippen LogP contribution in [-0.2, 0) is 0 Å². The first-order valence-electron chi connectivity index (χ1n) is 7.60. The van der Waals surface area contributed by atoms with E-state index < -0.39 is 0 Å². The van der Waals surface area contributed by atoms with Crippen LogP contribution < -0.4 is 10.6 Å². The third kappa shape index (κ3) is 6.19. The average Bonchev–Trinajstić information content (AvgIpc) is 2.18. The molecule has 0 aliphatic rings. The Morgan fingerprint density at radius 2 is 1.38 bits per heavy atom. The molecule has 3 nitrogen and oxygen atoms in total. The summed E-state index contributed by atoms with van der Waals surface area (Å²) in [6.45, 7) is 19.1. The highest BCUT2D eigenvalue weighted by Crippen LogP contribution is 2.22. The zero-order valence-corrected chi connectivity index (χ0v) is 15.1. The summed E-state index contributed by atoms with van der Waals surface area (Å²) in [7, 11) is 0. The van der Waals surface area contributed by atoms with Gasteiger partial charge in [0.2, 0.25) is 0 Å². The van der Waals surface area contributed by atoms with Gasteiger partial charge in [-0.1, -0.05) is 17.7 Å². The van der Waals surface area contributed by atoms with E-state index in [1.807, 2.05) is 0 Å². The minimum Gasteiger partial charge on any atom is -0.352 e. The standard InChI is InChI=1S/C18H31N3/c1-12-10-13(2)15(14(3)11-12)19-16(20-17(4,5)6)21-18(7,8)9/h10-11H,1-9H3,(H2,19,20,21). The maximum absolute atomic E-state index is 4.79.